The van der Waals surface area contributed by atoms with Crippen LogP contribution in [0, 0.1) is 23.5 Å². The summed E-state index contributed by atoms with van der Waals surface area (Å²) in [4.78, 5) is 31.7. The Hall–Kier alpha value is -3.34. The summed E-state index contributed by atoms with van der Waals surface area (Å²) in [5.41, 5.74) is 1.42. The van der Waals surface area contributed by atoms with Gasteiger partial charge in [-0.1, -0.05) is 6.92 Å². The summed E-state index contributed by atoms with van der Waals surface area (Å²) in [6.45, 7) is 5.68. The second-order valence-electron chi connectivity index (χ2n) is 12.2. The van der Waals surface area contributed by atoms with Gasteiger partial charge in [0.15, 0.2) is 5.65 Å². The second-order valence-corrected chi connectivity index (χ2v) is 12.2. The molecule has 3 aromatic rings. The number of anilines is 3. The van der Waals surface area contributed by atoms with E-state index in [2.05, 4.69) is 34.5 Å². The number of carbonyl (C=O) groups is 1. The summed E-state index contributed by atoms with van der Waals surface area (Å²) >= 11 is 0. The number of nitrogens with one attached hydrogen (secondary N) is 2. The second kappa shape index (κ2) is 11.9. The molecule has 2 N–H and O–H groups in total. The molecule has 6 rings (SSSR count). The van der Waals surface area contributed by atoms with Gasteiger partial charge in [0.05, 0.1) is 11.9 Å². The first-order valence-corrected chi connectivity index (χ1v) is 15.0. The van der Waals surface area contributed by atoms with Crippen LogP contribution in [0.1, 0.15) is 64.3 Å². The first kappa shape index (κ1) is 27.8. The quantitative estimate of drug-likeness (QED) is 0.416. The van der Waals surface area contributed by atoms with Gasteiger partial charge in [-0.3, -0.25) is 9.36 Å². The van der Waals surface area contributed by atoms with Crippen molar-refractivity contribution in [3.8, 4) is 0 Å². The average molecular weight is 567 g/mol. The first-order valence-electron chi connectivity index (χ1n) is 15.0. The van der Waals surface area contributed by atoms with Gasteiger partial charge < -0.3 is 20.4 Å². The molecule has 220 valence electrons. The van der Waals surface area contributed by atoms with Gasteiger partial charge >= 0.3 is 0 Å². The number of rotatable bonds is 6. The van der Waals surface area contributed by atoms with E-state index in [0.717, 1.165) is 76.7 Å². The number of benzene rings is 1. The van der Waals surface area contributed by atoms with Gasteiger partial charge in [0.1, 0.15) is 17.2 Å². The third-order valence-electron chi connectivity index (χ3n) is 9.19. The first-order chi connectivity index (χ1) is 19.8. The maximum atomic E-state index is 14.6. The van der Waals surface area contributed by atoms with E-state index in [1.165, 1.54) is 25.0 Å². The van der Waals surface area contributed by atoms with Gasteiger partial charge in [-0.15, -0.1) is 0 Å². The number of imidazole rings is 1. The smallest absolute Gasteiger partial charge is 0.225 e. The predicted molar refractivity (Wildman–Crippen MR) is 155 cm³/mol. The van der Waals surface area contributed by atoms with Crippen LogP contribution >= 0.6 is 0 Å². The minimum atomic E-state index is -0.690. The van der Waals surface area contributed by atoms with Crippen LogP contribution in [0.5, 0.6) is 0 Å². The van der Waals surface area contributed by atoms with Gasteiger partial charge in [0.2, 0.25) is 17.8 Å². The van der Waals surface area contributed by atoms with Crippen molar-refractivity contribution in [1.82, 2.24) is 29.3 Å². The van der Waals surface area contributed by atoms with Crippen LogP contribution < -0.4 is 10.6 Å². The van der Waals surface area contributed by atoms with Crippen LogP contribution in [-0.2, 0) is 4.79 Å². The van der Waals surface area contributed by atoms with E-state index in [4.69, 9.17) is 9.97 Å². The summed E-state index contributed by atoms with van der Waals surface area (Å²) in [6, 6.07) is 3.82. The van der Waals surface area contributed by atoms with Crippen LogP contribution in [0.3, 0.4) is 0 Å². The van der Waals surface area contributed by atoms with Gasteiger partial charge in [-0.25, -0.2) is 18.7 Å². The van der Waals surface area contributed by atoms with Gasteiger partial charge in [-0.05, 0) is 76.5 Å². The molecule has 41 heavy (non-hydrogen) atoms. The Balaban J connectivity index is 1.25. The minimum Gasteiger partial charge on any atom is -0.351 e. The highest BCUT2D eigenvalue weighted by Gasteiger charge is 2.33. The van der Waals surface area contributed by atoms with Gasteiger partial charge in [0, 0.05) is 50.2 Å². The van der Waals surface area contributed by atoms with Crippen molar-refractivity contribution in [3.63, 3.8) is 0 Å². The Morgan fingerprint density at radius 2 is 1.68 bits per heavy atom. The topological polar surface area (TPSA) is 91.2 Å². The third-order valence-corrected chi connectivity index (χ3v) is 9.19. The lowest BCUT2D eigenvalue weighted by Gasteiger charge is -2.37. The predicted octanol–water partition coefficient (Wildman–Crippen LogP) is 5.34. The van der Waals surface area contributed by atoms with Crippen LogP contribution in [0.25, 0.3) is 11.2 Å². The van der Waals surface area contributed by atoms with Crippen molar-refractivity contribution in [2.75, 3.05) is 43.9 Å². The molecule has 2 aliphatic carbocycles. The molecule has 1 saturated heterocycles. The van der Waals surface area contributed by atoms with E-state index in [-0.39, 0.29) is 23.6 Å². The molecule has 0 unspecified atom stereocenters. The molecule has 3 aliphatic rings. The number of amides is 1. The molecule has 9 nitrogen and oxygen atoms in total. The maximum Gasteiger partial charge on any atom is 0.225 e. The summed E-state index contributed by atoms with van der Waals surface area (Å²) in [5.74, 6) is 0.699. The normalized spacial score (nSPS) is 25.8. The maximum absolute atomic E-state index is 14.6. The zero-order valence-electron chi connectivity index (χ0n) is 24.0. The monoisotopic (exact) mass is 566 g/mol. The summed E-state index contributed by atoms with van der Waals surface area (Å²) in [5, 5.41) is 6.61. The largest absolute Gasteiger partial charge is 0.351 e. The number of carbonyl (C=O) groups excluding carboxylic acids is 1. The Labute approximate surface area is 239 Å². The molecule has 1 aliphatic heterocycles. The van der Waals surface area contributed by atoms with E-state index in [9.17, 15) is 13.6 Å². The molecule has 1 amide bonds. The van der Waals surface area contributed by atoms with Crippen molar-refractivity contribution in [3.05, 3.63) is 36.0 Å². The lowest BCUT2D eigenvalue weighted by molar-refractivity contribution is -0.138. The molecule has 2 aromatic heterocycles. The number of halogens is 2. The third kappa shape index (κ3) is 6.14. The number of piperazine rings is 1. The minimum absolute atomic E-state index is 0.0101. The Bertz CT molecular complexity index is 1370. The molecular weight excluding hydrogens is 526 g/mol. The average Bonchev–Trinajstić information content (AvgIpc) is 3.33. The SMILES string of the molecule is CC1CCC(Nc2ncc3nc(Nc4ccc(F)cc4F)n(C4CCC(C(=O)N5CCN(C)CC5)CC4)c3n2)CC1. The van der Waals surface area contributed by atoms with E-state index in [1.54, 1.807) is 6.20 Å². The van der Waals surface area contributed by atoms with E-state index < -0.39 is 11.6 Å². The van der Waals surface area contributed by atoms with E-state index in [0.29, 0.717) is 29.1 Å². The molecule has 0 spiro atoms. The molecular formula is C30H40F2N8O. The highest BCUT2D eigenvalue weighted by molar-refractivity contribution is 5.79. The van der Waals surface area contributed by atoms with Crippen molar-refractivity contribution in [2.45, 2.75) is 70.4 Å². The number of fused-ring (bicyclic) bond motifs is 1. The number of hydrogen-bond donors (Lipinski definition) is 2. The molecule has 0 radical (unpaired) electrons. The van der Waals surface area contributed by atoms with Gasteiger partial charge in [-0.2, -0.15) is 4.98 Å². The molecule has 1 aromatic carbocycles. The zero-order chi connectivity index (χ0) is 28.5. The van der Waals surface area contributed by atoms with Gasteiger partial charge in [0.25, 0.3) is 0 Å². The van der Waals surface area contributed by atoms with E-state index >= 15 is 0 Å². The van der Waals surface area contributed by atoms with Crippen LogP contribution in [0.15, 0.2) is 24.4 Å². The van der Waals surface area contributed by atoms with Crippen molar-refractivity contribution >= 4 is 34.7 Å². The molecule has 0 bridgehead atoms. The Morgan fingerprint density at radius 3 is 2.39 bits per heavy atom. The Morgan fingerprint density at radius 1 is 0.951 bits per heavy atom. The standard InChI is InChI=1S/C30H40F2N8O/c1-19-3-8-22(9-4-19)34-29-33-18-26-27(37-29)40(30(36-26)35-25-12-7-21(31)17-24(25)32)23-10-5-20(6-11-23)28(41)39-15-13-38(2)14-16-39/h7,12,17-20,22-23H,3-6,8-11,13-16H2,1-2H3,(H,35,36)(H,33,34,37). The highest BCUT2D eigenvalue weighted by Crippen LogP contribution is 2.38. The summed E-state index contributed by atoms with van der Waals surface area (Å²) in [6.07, 6.45) is 9.37. The van der Waals surface area contributed by atoms with Crippen LogP contribution in [0.2, 0.25) is 0 Å². The van der Waals surface area contributed by atoms with E-state index in [1.807, 2.05) is 9.47 Å². The van der Waals surface area contributed by atoms with Crippen molar-refractivity contribution in [2.24, 2.45) is 11.8 Å². The number of nitrogens with zero attached hydrogens (tertiary/aromatic N) is 6. The van der Waals surface area contributed by atoms with Crippen molar-refractivity contribution in [1.29, 1.82) is 0 Å². The lowest BCUT2D eigenvalue weighted by Crippen LogP contribution is -2.49. The molecule has 11 heteroatoms. The van der Waals surface area contributed by atoms with Crippen LogP contribution in [-0.4, -0.2) is 74.5 Å². The number of hydrogen-bond acceptors (Lipinski definition) is 7. The molecule has 2 saturated carbocycles. The highest BCUT2D eigenvalue weighted by atomic mass is 19.1. The summed E-state index contributed by atoms with van der Waals surface area (Å²) in [7, 11) is 2.09. The fourth-order valence-corrected chi connectivity index (χ4v) is 6.56. The van der Waals surface area contributed by atoms with Crippen molar-refractivity contribution < 1.29 is 13.6 Å². The zero-order valence-corrected chi connectivity index (χ0v) is 24.0. The summed E-state index contributed by atoms with van der Waals surface area (Å²) < 4.78 is 30.3. The Kier molecular flexibility index (Phi) is 8.05. The lowest BCUT2D eigenvalue weighted by atomic mass is 9.85. The van der Waals surface area contributed by atoms with Crippen LogP contribution in [0.4, 0.5) is 26.4 Å². The molecule has 3 fully saturated rings. The number of aromatic nitrogens is 4. The fourth-order valence-electron chi connectivity index (χ4n) is 6.56. The number of likely N-dealkylation sites (N-methyl/N-ethyl adjacent to an activating group) is 1. The molecule has 0 atom stereocenters. The molecule has 3 heterocycles. The fraction of sp³-hybridized carbons (Fsp3) is 0.600.